The second-order valence-corrected chi connectivity index (χ2v) is 8.84. The summed E-state index contributed by atoms with van der Waals surface area (Å²) in [4.78, 5) is 12.8. The fourth-order valence-corrected chi connectivity index (χ4v) is 4.64. The number of nitrogen functional groups attached to an aromatic ring is 1. The summed E-state index contributed by atoms with van der Waals surface area (Å²) in [6, 6.07) is 9.38. The highest BCUT2D eigenvalue weighted by Crippen LogP contribution is 2.45. The number of aromatic nitrogens is 4. The van der Waals surface area contributed by atoms with E-state index in [9.17, 15) is 0 Å². The maximum atomic E-state index is 8.93. The third kappa shape index (κ3) is 3.74. The molecule has 0 spiro atoms. The SMILES string of the molecule is CC1(C)OC2[C@@H](O1)[C@H](n1c(Br)nc3c(N)ncnc31)O[C@@H]2COCc1ccc(C#N)cc1. The molecule has 0 aliphatic carbocycles. The van der Waals surface area contributed by atoms with E-state index in [2.05, 4.69) is 37.0 Å². The number of benzene rings is 1. The van der Waals surface area contributed by atoms with Crippen LogP contribution in [0.3, 0.4) is 0 Å². The monoisotopic (exact) mass is 500 g/mol. The van der Waals surface area contributed by atoms with Gasteiger partial charge in [0.15, 0.2) is 33.7 Å². The molecule has 2 aliphatic heterocycles. The van der Waals surface area contributed by atoms with E-state index >= 15 is 0 Å². The number of ether oxygens (including phenoxy) is 4. The average Bonchev–Trinajstić information content (AvgIpc) is 3.37. The van der Waals surface area contributed by atoms with Crippen LogP contribution >= 0.6 is 15.9 Å². The molecule has 4 atom stereocenters. The fourth-order valence-electron chi connectivity index (χ4n) is 4.09. The van der Waals surface area contributed by atoms with E-state index in [-0.39, 0.29) is 18.0 Å². The van der Waals surface area contributed by atoms with Crippen LogP contribution < -0.4 is 5.73 Å². The van der Waals surface area contributed by atoms with E-state index in [0.717, 1.165) is 5.56 Å². The predicted octanol–water partition coefficient (Wildman–Crippen LogP) is 2.68. The van der Waals surface area contributed by atoms with Gasteiger partial charge in [0.1, 0.15) is 24.6 Å². The molecule has 5 rings (SSSR count). The Morgan fingerprint density at radius 1 is 1.22 bits per heavy atom. The Hall–Kier alpha value is -2.62. The fraction of sp³-hybridized carbons (Fsp3) is 0.429. The third-order valence-corrected chi connectivity index (χ3v) is 6.04. The number of halogens is 1. The van der Waals surface area contributed by atoms with E-state index in [0.29, 0.717) is 34.7 Å². The zero-order chi connectivity index (χ0) is 22.5. The number of nitrogens with zero attached hydrogens (tertiary/aromatic N) is 5. The van der Waals surface area contributed by atoms with Crippen LogP contribution in [0.15, 0.2) is 35.3 Å². The second-order valence-electron chi connectivity index (χ2n) is 8.14. The minimum atomic E-state index is -0.764. The summed E-state index contributed by atoms with van der Waals surface area (Å²) < 4.78 is 26.9. The molecular formula is C21H21BrN6O4. The van der Waals surface area contributed by atoms with Gasteiger partial charge in [0.2, 0.25) is 0 Å². The summed E-state index contributed by atoms with van der Waals surface area (Å²) in [6.07, 6.45) is -0.242. The highest BCUT2D eigenvalue weighted by atomic mass is 79.9. The van der Waals surface area contributed by atoms with Crippen molar-refractivity contribution >= 4 is 32.9 Å². The van der Waals surface area contributed by atoms with Crippen LogP contribution in [0, 0.1) is 11.3 Å². The van der Waals surface area contributed by atoms with Crippen LogP contribution in [0.4, 0.5) is 5.82 Å². The number of hydrogen-bond donors (Lipinski definition) is 1. The normalized spacial score (nSPS) is 26.3. The van der Waals surface area contributed by atoms with Crippen LogP contribution in [0.1, 0.15) is 31.2 Å². The first-order chi connectivity index (χ1) is 15.4. The number of hydrogen-bond acceptors (Lipinski definition) is 9. The lowest BCUT2D eigenvalue weighted by molar-refractivity contribution is -0.202. The molecule has 0 saturated carbocycles. The van der Waals surface area contributed by atoms with Crippen LogP contribution in [0.25, 0.3) is 11.2 Å². The van der Waals surface area contributed by atoms with Gasteiger partial charge in [-0.2, -0.15) is 5.26 Å². The molecule has 1 aromatic carbocycles. The molecule has 2 aliphatic rings. The molecule has 0 amide bonds. The molecule has 11 heteroatoms. The lowest BCUT2D eigenvalue weighted by Gasteiger charge is -2.25. The summed E-state index contributed by atoms with van der Waals surface area (Å²) in [5, 5.41) is 8.93. The molecule has 0 radical (unpaired) electrons. The summed E-state index contributed by atoms with van der Waals surface area (Å²) in [5.41, 5.74) is 8.58. The maximum Gasteiger partial charge on any atom is 0.181 e. The Morgan fingerprint density at radius 3 is 2.72 bits per heavy atom. The second kappa shape index (κ2) is 8.06. The van der Waals surface area contributed by atoms with Crippen molar-refractivity contribution in [2.45, 2.75) is 50.8 Å². The molecule has 2 N–H and O–H groups in total. The molecule has 32 heavy (non-hydrogen) atoms. The van der Waals surface area contributed by atoms with Crippen molar-refractivity contribution in [2.24, 2.45) is 0 Å². The Balaban J connectivity index is 1.37. The predicted molar refractivity (Wildman–Crippen MR) is 116 cm³/mol. The Labute approximate surface area is 192 Å². The Kier molecular flexibility index (Phi) is 5.35. The lowest BCUT2D eigenvalue weighted by atomic mass is 10.1. The van der Waals surface area contributed by atoms with Crippen molar-refractivity contribution in [3.8, 4) is 6.07 Å². The summed E-state index contributed by atoms with van der Waals surface area (Å²) in [5.74, 6) is -0.477. The smallest absolute Gasteiger partial charge is 0.181 e. The highest BCUT2D eigenvalue weighted by Gasteiger charge is 2.56. The van der Waals surface area contributed by atoms with Gasteiger partial charge < -0.3 is 24.7 Å². The van der Waals surface area contributed by atoms with Crippen LogP contribution in [-0.4, -0.2) is 50.2 Å². The molecule has 166 valence electrons. The van der Waals surface area contributed by atoms with Gasteiger partial charge in [0.05, 0.1) is 24.8 Å². The van der Waals surface area contributed by atoms with E-state index in [4.69, 9.17) is 29.9 Å². The van der Waals surface area contributed by atoms with Crippen molar-refractivity contribution in [3.05, 3.63) is 46.5 Å². The first-order valence-corrected chi connectivity index (χ1v) is 10.9. The summed E-state index contributed by atoms with van der Waals surface area (Å²) in [6.45, 7) is 4.44. The summed E-state index contributed by atoms with van der Waals surface area (Å²) in [7, 11) is 0. The largest absolute Gasteiger partial charge is 0.382 e. The van der Waals surface area contributed by atoms with E-state index in [1.165, 1.54) is 6.33 Å². The third-order valence-electron chi connectivity index (χ3n) is 5.48. The molecular weight excluding hydrogens is 480 g/mol. The molecule has 4 heterocycles. The maximum absolute atomic E-state index is 8.93. The van der Waals surface area contributed by atoms with Gasteiger partial charge in [0.25, 0.3) is 0 Å². The molecule has 2 aromatic heterocycles. The van der Waals surface area contributed by atoms with E-state index in [1.54, 1.807) is 16.7 Å². The topological polar surface area (TPSA) is 130 Å². The average molecular weight is 501 g/mol. The number of imidazole rings is 1. The van der Waals surface area contributed by atoms with Gasteiger partial charge in [0, 0.05) is 0 Å². The van der Waals surface area contributed by atoms with Crippen molar-refractivity contribution in [1.29, 1.82) is 5.26 Å². The molecule has 0 bridgehead atoms. The molecule has 10 nitrogen and oxygen atoms in total. The number of rotatable bonds is 5. The van der Waals surface area contributed by atoms with Crippen LogP contribution in [0.5, 0.6) is 0 Å². The summed E-state index contributed by atoms with van der Waals surface area (Å²) >= 11 is 3.49. The molecule has 1 unspecified atom stereocenters. The van der Waals surface area contributed by atoms with Crippen LogP contribution in [-0.2, 0) is 25.6 Å². The van der Waals surface area contributed by atoms with E-state index < -0.39 is 18.1 Å². The van der Waals surface area contributed by atoms with Gasteiger partial charge in [-0.1, -0.05) is 12.1 Å². The van der Waals surface area contributed by atoms with Gasteiger partial charge in [-0.05, 0) is 47.5 Å². The first kappa shape index (κ1) is 21.2. The van der Waals surface area contributed by atoms with Crippen molar-refractivity contribution in [1.82, 2.24) is 19.5 Å². The number of anilines is 1. The first-order valence-electron chi connectivity index (χ1n) is 10.1. The van der Waals surface area contributed by atoms with Gasteiger partial charge in [-0.3, -0.25) is 4.57 Å². The minimum absolute atomic E-state index is 0.287. The highest BCUT2D eigenvalue weighted by molar-refractivity contribution is 9.10. The standard InChI is InChI=1S/C21H21BrN6O4/c1-21(2)31-15-13(9-29-8-12-5-3-11(7-23)4-6-12)30-19(16(15)32-21)28-18-14(27-20(28)22)17(24)25-10-26-18/h3-6,10,13,15-16,19H,8-9H2,1-2H3,(H2,24,25,26)/t13-,15?,16-,19-/m1/s1. The van der Waals surface area contributed by atoms with Gasteiger partial charge in [-0.25, -0.2) is 15.0 Å². The zero-order valence-electron chi connectivity index (χ0n) is 17.4. The minimum Gasteiger partial charge on any atom is -0.382 e. The van der Waals surface area contributed by atoms with Crippen molar-refractivity contribution < 1.29 is 18.9 Å². The molecule has 2 fully saturated rings. The molecule has 2 saturated heterocycles. The number of fused-ring (bicyclic) bond motifs is 2. The zero-order valence-corrected chi connectivity index (χ0v) is 19.0. The number of nitriles is 1. The van der Waals surface area contributed by atoms with Gasteiger partial charge in [-0.15, -0.1) is 0 Å². The lowest BCUT2D eigenvalue weighted by Crippen LogP contribution is -2.32. The Bertz CT molecular complexity index is 1190. The number of nitrogens with two attached hydrogens (primary N) is 1. The van der Waals surface area contributed by atoms with Crippen LogP contribution in [0.2, 0.25) is 0 Å². The van der Waals surface area contributed by atoms with E-state index in [1.807, 2.05) is 26.0 Å². The Morgan fingerprint density at radius 2 is 1.97 bits per heavy atom. The van der Waals surface area contributed by atoms with Crippen molar-refractivity contribution in [2.75, 3.05) is 12.3 Å². The molecule has 3 aromatic rings. The van der Waals surface area contributed by atoms with Gasteiger partial charge >= 0.3 is 0 Å². The van der Waals surface area contributed by atoms with Crippen molar-refractivity contribution in [3.63, 3.8) is 0 Å². The quantitative estimate of drug-likeness (QED) is 0.525.